The summed E-state index contributed by atoms with van der Waals surface area (Å²) in [7, 11) is 0. The lowest BCUT2D eigenvalue weighted by Gasteiger charge is -2.34. The predicted octanol–water partition coefficient (Wildman–Crippen LogP) is 3.06. The van der Waals surface area contributed by atoms with Crippen LogP contribution in [0.2, 0.25) is 0 Å². The number of piperidine rings is 1. The van der Waals surface area contributed by atoms with Gasteiger partial charge in [-0.25, -0.2) is 4.79 Å². The van der Waals surface area contributed by atoms with Crippen molar-refractivity contribution in [2.24, 2.45) is 0 Å². The maximum Gasteiger partial charge on any atom is 0.410 e. The lowest BCUT2D eigenvalue weighted by molar-refractivity contribution is 0.0167. The molecule has 1 aliphatic rings. The van der Waals surface area contributed by atoms with Crippen molar-refractivity contribution >= 4 is 28.7 Å². The van der Waals surface area contributed by atoms with Crippen LogP contribution in [0.5, 0.6) is 0 Å². The second-order valence-electron chi connectivity index (χ2n) is 5.86. The number of ether oxygens (including phenoxy) is 1. The molecule has 0 spiro atoms. The second kappa shape index (κ2) is 5.68. The average molecular weight is 377 g/mol. The molecule has 2 rings (SSSR count). The maximum atomic E-state index is 12.1. The third kappa shape index (κ3) is 4.09. The van der Waals surface area contributed by atoms with Crippen molar-refractivity contribution in [1.29, 1.82) is 0 Å². The van der Waals surface area contributed by atoms with Crippen LogP contribution in [0, 0.1) is 3.57 Å². The highest BCUT2D eigenvalue weighted by molar-refractivity contribution is 14.1. The van der Waals surface area contributed by atoms with Crippen molar-refractivity contribution in [3.05, 3.63) is 16.0 Å². The van der Waals surface area contributed by atoms with Crippen molar-refractivity contribution in [1.82, 2.24) is 14.7 Å². The molecule has 1 amide bonds. The highest BCUT2D eigenvalue weighted by Gasteiger charge is 2.28. The van der Waals surface area contributed by atoms with E-state index in [2.05, 4.69) is 27.7 Å². The van der Waals surface area contributed by atoms with Crippen LogP contribution in [0.25, 0.3) is 0 Å². The molecular weight excluding hydrogens is 357 g/mol. The first-order valence-corrected chi connectivity index (χ1v) is 7.60. The topological polar surface area (TPSA) is 47.4 Å². The summed E-state index contributed by atoms with van der Waals surface area (Å²) in [6.45, 7) is 7.11. The monoisotopic (exact) mass is 377 g/mol. The number of nitrogens with zero attached hydrogens (tertiary/aromatic N) is 3. The summed E-state index contributed by atoms with van der Waals surface area (Å²) < 4.78 is 8.50. The van der Waals surface area contributed by atoms with Gasteiger partial charge in [0.25, 0.3) is 0 Å². The van der Waals surface area contributed by atoms with Crippen molar-refractivity contribution in [3.8, 4) is 0 Å². The van der Waals surface area contributed by atoms with Gasteiger partial charge >= 0.3 is 6.09 Å². The summed E-state index contributed by atoms with van der Waals surface area (Å²) in [5.41, 5.74) is -0.439. The summed E-state index contributed by atoms with van der Waals surface area (Å²) in [6, 6.07) is 0.254. The fourth-order valence-corrected chi connectivity index (χ4v) is 2.59. The number of hydrogen-bond donors (Lipinski definition) is 0. The summed E-state index contributed by atoms with van der Waals surface area (Å²) in [5.74, 6) is 0. The Morgan fingerprint density at radius 3 is 2.84 bits per heavy atom. The zero-order valence-corrected chi connectivity index (χ0v) is 13.8. The summed E-state index contributed by atoms with van der Waals surface area (Å²) in [4.78, 5) is 13.9. The molecule has 1 aliphatic heterocycles. The molecule has 0 bridgehead atoms. The summed E-state index contributed by atoms with van der Waals surface area (Å²) in [5, 5.41) is 4.34. The van der Waals surface area contributed by atoms with Crippen LogP contribution >= 0.6 is 22.6 Å². The lowest BCUT2D eigenvalue weighted by atomic mass is 10.1. The van der Waals surface area contributed by atoms with Gasteiger partial charge in [-0.15, -0.1) is 0 Å². The van der Waals surface area contributed by atoms with Crippen LogP contribution in [-0.4, -0.2) is 39.5 Å². The fourth-order valence-electron chi connectivity index (χ4n) is 2.18. The zero-order chi connectivity index (χ0) is 14.0. The van der Waals surface area contributed by atoms with Gasteiger partial charge in [0.2, 0.25) is 0 Å². The van der Waals surface area contributed by atoms with Gasteiger partial charge in [0.1, 0.15) is 5.60 Å². The van der Waals surface area contributed by atoms with E-state index in [4.69, 9.17) is 4.74 Å². The molecular formula is C13H20IN3O2. The molecule has 0 radical (unpaired) electrons. The number of halogens is 1. The van der Waals surface area contributed by atoms with Gasteiger partial charge in [0.15, 0.2) is 0 Å². The Bertz CT molecular complexity index is 453. The van der Waals surface area contributed by atoms with E-state index >= 15 is 0 Å². The van der Waals surface area contributed by atoms with Gasteiger partial charge in [0, 0.05) is 19.3 Å². The van der Waals surface area contributed by atoms with E-state index in [9.17, 15) is 4.79 Å². The third-order valence-electron chi connectivity index (χ3n) is 2.99. The fraction of sp³-hybridized carbons (Fsp3) is 0.692. The number of aromatic nitrogens is 2. The predicted molar refractivity (Wildman–Crippen MR) is 81.0 cm³/mol. The molecule has 0 N–H and O–H groups in total. The minimum atomic E-state index is -0.439. The smallest absolute Gasteiger partial charge is 0.410 e. The molecule has 1 aromatic heterocycles. The van der Waals surface area contributed by atoms with Crippen LogP contribution < -0.4 is 0 Å². The highest BCUT2D eigenvalue weighted by atomic mass is 127. The molecule has 0 aliphatic carbocycles. The van der Waals surface area contributed by atoms with Crippen LogP contribution in [0.15, 0.2) is 12.4 Å². The molecule has 0 unspecified atom stereocenters. The molecule has 1 saturated heterocycles. The van der Waals surface area contributed by atoms with Gasteiger partial charge < -0.3 is 9.64 Å². The Morgan fingerprint density at radius 2 is 2.26 bits per heavy atom. The summed E-state index contributed by atoms with van der Waals surface area (Å²) >= 11 is 2.24. The Hall–Kier alpha value is -0.790. The van der Waals surface area contributed by atoms with Gasteiger partial charge in [-0.2, -0.15) is 5.10 Å². The number of amides is 1. The first-order chi connectivity index (χ1) is 8.85. The molecule has 0 saturated carbocycles. The van der Waals surface area contributed by atoms with Gasteiger partial charge in [-0.1, -0.05) is 0 Å². The second-order valence-corrected chi connectivity index (χ2v) is 7.11. The number of likely N-dealkylation sites (tertiary alicyclic amines) is 1. The van der Waals surface area contributed by atoms with E-state index in [0.29, 0.717) is 6.54 Å². The quantitative estimate of drug-likeness (QED) is 0.707. The van der Waals surface area contributed by atoms with Gasteiger partial charge in [-0.3, -0.25) is 4.68 Å². The van der Waals surface area contributed by atoms with E-state index in [1.807, 2.05) is 37.8 Å². The van der Waals surface area contributed by atoms with E-state index in [1.165, 1.54) is 0 Å². The van der Waals surface area contributed by atoms with Crippen molar-refractivity contribution < 1.29 is 9.53 Å². The summed E-state index contributed by atoms with van der Waals surface area (Å²) in [6.07, 6.45) is 5.67. The van der Waals surface area contributed by atoms with E-state index in [0.717, 1.165) is 23.0 Å². The van der Waals surface area contributed by atoms with E-state index < -0.39 is 5.60 Å². The van der Waals surface area contributed by atoms with Crippen molar-refractivity contribution in [2.75, 3.05) is 13.1 Å². The Morgan fingerprint density at radius 1 is 1.53 bits per heavy atom. The number of hydrogen-bond acceptors (Lipinski definition) is 3. The zero-order valence-electron chi connectivity index (χ0n) is 11.6. The molecule has 106 valence electrons. The number of carbonyl (C=O) groups excluding carboxylic acids is 1. The SMILES string of the molecule is CC(C)(C)OC(=O)N1CCC[C@H](n2cc(I)cn2)C1. The van der Waals surface area contributed by atoms with Crippen LogP contribution in [0.3, 0.4) is 0 Å². The average Bonchev–Trinajstić information content (AvgIpc) is 2.74. The van der Waals surface area contributed by atoms with Crippen LogP contribution in [0.4, 0.5) is 4.79 Å². The molecule has 1 atom stereocenters. The first-order valence-electron chi connectivity index (χ1n) is 6.53. The molecule has 19 heavy (non-hydrogen) atoms. The molecule has 0 aromatic carbocycles. The Kier molecular flexibility index (Phi) is 4.37. The first kappa shape index (κ1) is 14.6. The highest BCUT2D eigenvalue weighted by Crippen LogP contribution is 2.23. The Balaban J connectivity index is 1.99. The molecule has 1 aromatic rings. The number of rotatable bonds is 1. The largest absolute Gasteiger partial charge is 0.444 e. The van der Waals surface area contributed by atoms with Crippen molar-refractivity contribution in [2.45, 2.75) is 45.3 Å². The third-order valence-corrected chi connectivity index (χ3v) is 3.55. The van der Waals surface area contributed by atoms with Crippen molar-refractivity contribution in [3.63, 3.8) is 0 Å². The minimum absolute atomic E-state index is 0.223. The minimum Gasteiger partial charge on any atom is -0.444 e. The normalized spacial score (nSPS) is 20.4. The molecule has 1 fully saturated rings. The standard InChI is InChI=1S/C13H20IN3O2/c1-13(2,3)19-12(18)16-6-4-5-11(9-16)17-8-10(14)7-15-17/h7-8,11H,4-6,9H2,1-3H3/t11-/m0/s1. The Labute approximate surface area is 127 Å². The van der Waals surface area contributed by atoms with Crippen LogP contribution in [-0.2, 0) is 4.74 Å². The van der Waals surface area contributed by atoms with E-state index in [1.54, 1.807) is 4.90 Å². The molecule has 2 heterocycles. The molecule has 5 nitrogen and oxygen atoms in total. The van der Waals surface area contributed by atoms with E-state index in [-0.39, 0.29) is 12.1 Å². The lowest BCUT2D eigenvalue weighted by Crippen LogP contribution is -2.43. The van der Waals surface area contributed by atoms with Gasteiger partial charge in [-0.05, 0) is 56.2 Å². The molecule has 6 heteroatoms. The maximum absolute atomic E-state index is 12.1. The van der Waals surface area contributed by atoms with Crippen LogP contribution in [0.1, 0.15) is 39.7 Å². The number of carbonyl (C=O) groups is 1. The van der Waals surface area contributed by atoms with Gasteiger partial charge in [0.05, 0.1) is 15.8 Å².